The van der Waals surface area contributed by atoms with Crippen LogP contribution in [-0.4, -0.2) is 206 Å². The van der Waals surface area contributed by atoms with E-state index in [-0.39, 0.29) is 114 Å². The molecule has 36 heteroatoms. The van der Waals surface area contributed by atoms with Gasteiger partial charge in [-0.05, 0) is 111 Å². The first-order valence-corrected chi connectivity index (χ1v) is 34.6. The van der Waals surface area contributed by atoms with Gasteiger partial charge in [-0.1, -0.05) is 99.1 Å². The van der Waals surface area contributed by atoms with Gasteiger partial charge in [0.2, 0.25) is 59.1 Å². The molecule has 11 amide bonds. The Bertz CT molecular complexity index is 3490. The topological polar surface area (TPSA) is 617 Å². The van der Waals surface area contributed by atoms with Gasteiger partial charge in [0.1, 0.15) is 61.0 Å². The lowest BCUT2D eigenvalue weighted by molar-refractivity contribution is -0.142. The van der Waals surface area contributed by atoms with E-state index in [9.17, 15) is 62.6 Å². The van der Waals surface area contributed by atoms with Gasteiger partial charge in [-0.3, -0.25) is 67.7 Å². The number of hydrogen-bond acceptors (Lipinski definition) is 18. The first-order chi connectivity index (χ1) is 49.7. The highest BCUT2D eigenvalue weighted by atomic mass is 16.5. The summed E-state index contributed by atoms with van der Waals surface area (Å²) in [6.07, 6.45) is -0.0512. The number of hydrogen-bond donors (Lipinski definition) is 19. The lowest BCUT2D eigenvalue weighted by Crippen LogP contribution is -2.61. The predicted molar refractivity (Wildman–Crippen MR) is 386 cm³/mol. The molecule has 0 spiro atoms. The predicted octanol–water partition coefficient (Wildman–Crippen LogP) is -4.11. The van der Waals surface area contributed by atoms with Gasteiger partial charge in [-0.25, -0.2) is 4.79 Å². The molecule has 2 aliphatic rings. The van der Waals surface area contributed by atoms with Crippen LogP contribution in [0.1, 0.15) is 120 Å². The molecule has 5 rings (SSSR count). The largest absolute Gasteiger partial charge is 0.481 e. The molecule has 10 atom stereocenters. The molecule has 0 unspecified atom stereocenters. The Kier molecular flexibility index (Phi) is 34.5. The summed E-state index contributed by atoms with van der Waals surface area (Å²) in [4.78, 5) is 179. The molecule has 3 aromatic rings. The zero-order valence-electron chi connectivity index (χ0n) is 58.7. The monoisotopic (exact) mass is 1450 g/mol. The molecule has 1 saturated heterocycles. The maximum Gasteiger partial charge on any atom is 0.407 e. The second kappa shape index (κ2) is 42.9. The van der Waals surface area contributed by atoms with Crippen LogP contribution in [0.2, 0.25) is 0 Å². The Morgan fingerprint density at radius 3 is 1.58 bits per heavy atom. The molecule has 104 heavy (non-hydrogen) atoms. The number of alkyl carbamates (subject to hydrolysis) is 1. The van der Waals surface area contributed by atoms with E-state index < -0.39 is 151 Å². The number of fused-ring (bicyclic) bond motifs is 3. The van der Waals surface area contributed by atoms with Gasteiger partial charge in [0.25, 0.3) is 0 Å². The Morgan fingerprint density at radius 2 is 1.05 bits per heavy atom. The van der Waals surface area contributed by atoms with Crippen LogP contribution in [0.4, 0.5) is 4.79 Å². The number of nitrogens with zero attached hydrogens (tertiary/aromatic N) is 4. The third-order valence-corrected chi connectivity index (χ3v) is 17.5. The number of aliphatic imine (C=N–C) groups is 3. The molecule has 0 aromatic heterocycles. The quantitative estimate of drug-likeness (QED) is 0.0145. The number of nitrogens with one attached hydrogen (secondary N) is 9. The smallest absolute Gasteiger partial charge is 0.407 e. The number of guanidine groups is 3. The van der Waals surface area contributed by atoms with Crippen LogP contribution >= 0.6 is 0 Å². The highest BCUT2D eigenvalue weighted by Gasteiger charge is 2.41. The molecular formula is C68H102N22O14. The Labute approximate surface area is 602 Å². The van der Waals surface area contributed by atoms with E-state index >= 15 is 0 Å². The fourth-order valence-electron chi connectivity index (χ4n) is 11.9. The number of carbonyl (C=O) groups is 12. The molecule has 1 aliphatic heterocycles. The zero-order valence-corrected chi connectivity index (χ0v) is 58.7. The molecule has 1 heterocycles. The summed E-state index contributed by atoms with van der Waals surface area (Å²) in [6, 6.07) is 11.0. The molecule has 28 N–H and O–H groups in total. The number of nitrogens with two attached hydrogens (primary N) is 9. The van der Waals surface area contributed by atoms with Crippen LogP contribution in [0.5, 0.6) is 0 Å². The fraction of sp³-hybridized carbons (Fsp3) is 0.515. The second-order valence-electron chi connectivity index (χ2n) is 25.3. The number of benzene rings is 3. The lowest BCUT2D eigenvalue weighted by Gasteiger charge is -2.32. The summed E-state index contributed by atoms with van der Waals surface area (Å²) in [5, 5.41) is 32.8. The Hall–Kier alpha value is -11.2. The van der Waals surface area contributed by atoms with Crippen LogP contribution in [0, 0.1) is 5.92 Å². The van der Waals surface area contributed by atoms with Crippen molar-refractivity contribution in [2.45, 2.75) is 164 Å². The molecule has 0 bridgehead atoms. The Balaban J connectivity index is 1.32. The summed E-state index contributed by atoms with van der Waals surface area (Å²) in [5.74, 6) is -11.9. The number of carboxylic acid groups (broad SMARTS) is 1. The molecule has 1 fully saturated rings. The van der Waals surface area contributed by atoms with Crippen LogP contribution in [-0.2, 0) is 63.9 Å². The van der Waals surface area contributed by atoms with E-state index in [1.54, 1.807) is 44.2 Å². The maximum absolute atomic E-state index is 14.7. The third-order valence-electron chi connectivity index (χ3n) is 17.5. The van der Waals surface area contributed by atoms with E-state index in [0.717, 1.165) is 22.3 Å². The van der Waals surface area contributed by atoms with Crippen molar-refractivity contribution in [3.8, 4) is 11.1 Å². The van der Waals surface area contributed by atoms with Crippen LogP contribution in [0.3, 0.4) is 0 Å². The van der Waals surface area contributed by atoms with Crippen molar-refractivity contribution in [2.24, 2.45) is 72.5 Å². The first-order valence-electron chi connectivity index (χ1n) is 34.6. The number of unbranched alkanes of at least 4 members (excludes halogenated alkanes) is 1. The number of carboxylic acids is 1. The second-order valence-corrected chi connectivity index (χ2v) is 25.3. The molecule has 568 valence electrons. The van der Waals surface area contributed by atoms with Gasteiger partial charge >= 0.3 is 12.1 Å². The Morgan fingerprint density at radius 1 is 0.548 bits per heavy atom. The summed E-state index contributed by atoms with van der Waals surface area (Å²) >= 11 is 0. The van der Waals surface area contributed by atoms with E-state index in [4.69, 9.17) is 56.3 Å². The number of likely N-dealkylation sites (tertiary alicyclic amines) is 1. The summed E-state index contributed by atoms with van der Waals surface area (Å²) in [5.41, 5.74) is 55.2. The van der Waals surface area contributed by atoms with Crippen molar-refractivity contribution in [3.63, 3.8) is 0 Å². The van der Waals surface area contributed by atoms with Crippen molar-refractivity contribution >= 4 is 89.0 Å². The summed E-state index contributed by atoms with van der Waals surface area (Å²) in [6.45, 7) is 2.32. The minimum absolute atomic E-state index is 0.0265. The van der Waals surface area contributed by atoms with Gasteiger partial charge in [0, 0.05) is 45.1 Å². The minimum Gasteiger partial charge on any atom is -0.481 e. The van der Waals surface area contributed by atoms with Crippen LogP contribution in [0.15, 0.2) is 93.8 Å². The summed E-state index contributed by atoms with van der Waals surface area (Å²) in [7, 11) is 0. The standard InChI is InChI=1S/C68H102N22O14/c1-3-38(2)55(63(101)86-48(26-15-31-80-67(76)77)64(102)90-32-16-27-52(90)62(100)83-45(56(71)94)23-11-12-28-69)89-59(97)47(25-14-30-79-66(74)75)84-58(96)46(24-13-29-78-65(72)73)85-61(99)51(35-70)87-60(98)49(33-39-17-5-4-6-18-39)82-53(91)36-81-57(95)50(34-54(92)93)88-68(103)104-37-44-42-21-9-7-19-40(42)41-20-8-10-22-43(41)44/h4-10,17-22,38,44-52,55H,3,11-16,23-37,69-70H2,1-2H3,(H2,71,94)(H,81,95)(H,82,91)(H,83,100)(H,84,96)(H,85,99)(H,86,101)(H,87,98)(H,88,103)(H,89,97)(H,92,93)(H4,72,73,78)(H4,74,75,79)(H4,76,77,80)/t38-,45-,46-,47-,48-,49-,50+,51-,52-,55-/m0/s1. The third kappa shape index (κ3) is 27.0. The molecule has 36 nitrogen and oxygen atoms in total. The number of amides is 11. The first kappa shape index (κ1) is 83.5. The fourth-order valence-corrected chi connectivity index (χ4v) is 11.9. The average molecular weight is 1450 g/mol. The molecular weight excluding hydrogens is 1350 g/mol. The van der Waals surface area contributed by atoms with Gasteiger partial charge in [-0.2, -0.15) is 0 Å². The van der Waals surface area contributed by atoms with Crippen molar-refractivity contribution in [1.29, 1.82) is 0 Å². The normalized spacial score (nSPS) is 15.4. The molecule has 3 aromatic carbocycles. The van der Waals surface area contributed by atoms with Gasteiger partial charge in [0.05, 0.1) is 13.0 Å². The molecule has 0 saturated carbocycles. The van der Waals surface area contributed by atoms with E-state index in [2.05, 4.69) is 62.8 Å². The van der Waals surface area contributed by atoms with Crippen LogP contribution < -0.4 is 99.5 Å². The van der Waals surface area contributed by atoms with Crippen molar-refractivity contribution < 1.29 is 67.4 Å². The van der Waals surface area contributed by atoms with E-state index in [0.29, 0.717) is 37.8 Å². The number of aliphatic carboxylic acids is 1. The van der Waals surface area contributed by atoms with Gasteiger partial charge in [0.15, 0.2) is 17.9 Å². The van der Waals surface area contributed by atoms with Crippen LogP contribution in [0.25, 0.3) is 11.1 Å². The number of primary amides is 1. The van der Waals surface area contributed by atoms with Crippen molar-refractivity contribution in [1.82, 2.24) is 52.8 Å². The molecule has 1 aliphatic carbocycles. The van der Waals surface area contributed by atoms with E-state index in [1.807, 2.05) is 48.5 Å². The van der Waals surface area contributed by atoms with Crippen molar-refractivity contribution in [3.05, 3.63) is 95.6 Å². The molecule has 0 radical (unpaired) electrons. The number of rotatable bonds is 44. The zero-order chi connectivity index (χ0) is 76.4. The summed E-state index contributed by atoms with van der Waals surface area (Å²) < 4.78 is 5.54. The van der Waals surface area contributed by atoms with Gasteiger partial charge < -0.3 is 114 Å². The SMILES string of the molecule is CC[C@H](C)[C@H](NC(=O)[C@H](CCCN=C(N)N)NC(=O)[C@H](CCCN=C(N)N)NC(=O)[C@H](CN)NC(=O)[C@H](Cc1ccccc1)NC(=O)CNC(=O)[C@@H](CC(=O)O)NC(=O)OCC1c2ccccc2-c2ccccc21)C(=O)N[C@@H](CCCN=C(N)N)C(=O)N1CCC[C@H]1C(=O)N[C@@H](CCCCN)C(N)=O. The van der Waals surface area contributed by atoms with Crippen molar-refractivity contribution in [2.75, 3.05) is 52.4 Å². The minimum atomic E-state index is -1.72. The number of carbonyl (C=O) groups excluding carboxylic acids is 11. The van der Waals surface area contributed by atoms with Gasteiger partial charge in [-0.15, -0.1) is 0 Å². The van der Waals surface area contributed by atoms with E-state index in [1.165, 1.54) is 4.90 Å². The highest BCUT2D eigenvalue weighted by Crippen LogP contribution is 2.44. The lowest BCUT2D eigenvalue weighted by atomic mass is 9.96. The number of ether oxygens (including phenoxy) is 1. The average Bonchev–Trinajstić information content (AvgIpc) is 1.62. The highest BCUT2D eigenvalue weighted by molar-refractivity contribution is 5.99. The maximum atomic E-state index is 14.7.